The van der Waals surface area contributed by atoms with Crippen LogP contribution in [0.15, 0.2) is 29.1 Å². The molecule has 0 amide bonds. The third kappa shape index (κ3) is 1.90. The summed E-state index contributed by atoms with van der Waals surface area (Å²) < 4.78 is 3.18. The standard InChI is InChI=1S/C12H14BrN3/c1-8-3-10(4-9(2)12(8)13)16-7-15-6-11(16)5-14/h3-4,6-7H,5,14H2,1-2H3. The fourth-order valence-corrected chi connectivity index (χ4v) is 2.00. The lowest BCUT2D eigenvalue weighted by Crippen LogP contribution is -2.05. The van der Waals surface area contributed by atoms with E-state index in [0.717, 1.165) is 15.9 Å². The number of hydrogen-bond acceptors (Lipinski definition) is 2. The van der Waals surface area contributed by atoms with Crippen molar-refractivity contribution < 1.29 is 0 Å². The highest BCUT2D eigenvalue weighted by Crippen LogP contribution is 2.24. The van der Waals surface area contributed by atoms with Crippen LogP contribution in [0.1, 0.15) is 16.8 Å². The van der Waals surface area contributed by atoms with Crippen molar-refractivity contribution in [1.82, 2.24) is 9.55 Å². The van der Waals surface area contributed by atoms with E-state index in [1.54, 1.807) is 12.5 Å². The number of nitrogens with two attached hydrogens (primary N) is 1. The normalized spacial score (nSPS) is 10.8. The molecular weight excluding hydrogens is 266 g/mol. The first kappa shape index (κ1) is 11.4. The van der Waals surface area contributed by atoms with Crippen LogP contribution in [-0.2, 0) is 6.54 Å². The van der Waals surface area contributed by atoms with Crippen LogP contribution in [0.3, 0.4) is 0 Å². The van der Waals surface area contributed by atoms with Gasteiger partial charge in [0, 0.05) is 22.9 Å². The molecule has 2 rings (SSSR count). The van der Waals surface area contributed by atoms with Crippen LogP contribution in [0.5, 0.6) is 0 Å². The Balaban J connectivity index is 2.57. The highest BCUT2D eigenvalue weighted by Gasteiger charge is 2.06. The Labute approximate surface area is 103 Å². The molecule has 0 radical (unpaired) electrons. The molecule has 0 saturated heterocycles. The van der Waals surface area contributed by atoms with Crippen molar-refractivity contribution in [3.63, 3.8) is 0 Å². The van der Waals surface area contributed by atoms with Crippen molar-refractivity contribution in [2.75, 3.05) is 0 Å². The molecule has 0 aliphatic rings. The summed E-state index contributed by atoms with van der Waals surface area (Å²) in [6, 6.07) is 4.25. The molecule has 1 heterocycles. The van der Waals surface area contributed by atoms with E-state index >= 15 is 0 Å². The van der Waals surface area contributed by atoms with Crippen molar-refractivity contribution in [2.45, 2.75) is 20.4 Å². The lowest BCUT2D eigenvalue weighted by Gasteiger charge is -2.10. The lowest BCUT2D eigenvalue weighted by molar-refractivity contribution is 0.907. The molecule has 1 aromatic carbocycles. The summed E-state index contributed by atoms with van der Waals surface area (Å²) >= 11 is 3.56. The van der Waals surface area contributed by atoms with Crippen LogP contribution in [0.2, 0.25) is 0 Å². The van der Waals surface area contributed by atoms with Gasteiger partial charge in [-0.3, -0.25) is 0 Å². The minimum atomic E-state index is 0.494. The lowest BCUT2D eigenvalue weighted by atomic mass is 10.1. The van der Waals surface area contributed by atoms with Crippen LogP contribution in [0.4, 0.5) is 0 Å². The monoisotopic (exact) mass is 279 g/mol. The summed E-state index contributed by atoms with van der Waals surface area (Å²) in [5.74, 6) is 0. The van der Waals surface area contributed by atoms with Gasteiger partial charge in [-0.15, -0.1) is 0 Å². The van der Waals surface area contributed by atoms with Gasteiger partial charge in [0.2, 0.25) is 0 Å². The summed E-state index contributed by atoms with van der Waals surface area (Å²) in [7, 11) is 0. The van der Waals surface area contributed by atoms with Gasteiger partial charge in [0.05, 0.1) is 12.0 Å². The zero-order chi connectivity index (χ0) is 11.7. The maximum atomic E-state index is 5.67. The minimum absolute atomic E-state index is 0.494. The van der Waals surface area contributed by atoms with Gasteiger partial charge in [-0.1, -0.05) is 15.9 Å². The summed E-state index contributed by atoms with van der Waals surface area (Å²) in [6.07, 6.45) is 3.59. The molecule has 0 aliphatic heterocycles. The molecule has 0 unspecified atom stereocenters. The van der Waals surface area contributed by atoms with E-state index in [2.05, 4.69) is 46.9 Å². The number of rotatable bonds is 2. The molecule has 0 fully saturated rings. The Bertz CT molecular complexity index is 494. The van der Waals surface area contributed by atoms with Gasteiger partial charge in [0.1, 0.15) is 0 Å². The number of aryl methyl sites for hydroxylation is 2. The molecule has 0 saturated carbocycles. The second-order valence-electron chi connectivity index (χ2n) is 3.85. The fraction of sp³-hybridized carbons (Fsp3) is 0.250. The molecule has 0 atom stereocenters. The quantitative estimate of drug-likeness (QED) is 0.919. The molecule has 84 valence electrons. The Morgan fingerprint density at radius 2 is 1.94 bits per heavy atom. The van der Waals surface area contributed by atoms with Crippen molar-refractivity contribution in [1.29, 1.82) is 0 Å². The fourth-order valence-electron chi connectivity index (χ4n) is 1.77. The van der Waals surface area contributed by atoms with Gasteiger partial charge in [0.15, 0.2) is 0 Å². The van der Waals surface area contributed by atoms with Gasteiger partial charge in [-0.25, -0.2) is 4.98 Å². The number of aromatic nitrogens is 2. The average molecular weight is 280 g/mol. The van der Waals surface area contributed by atoms with Crippen LogP contribution in [-0.4, -0.2) is 9.55 Å². The predicted molar refractivity (Wildman–Crippen MR) is 68.6 cm³/mol. The SMILES string of the molecule is Cc1cc(-n2cncc2CN)cc(C)c1Br. The number of benzene rings is 1. The first-order chi connectivity index (χ1) is 7.63. The van der Waals surface area contributed by atoms with Crippen LogP contribution >= 0.6 is 15.9 Å². The van der Waals surface area contributed by atoms with Crippen molar-refractivity contribution in [3.8, 4) is 5.69 Å². The molecule has 4 heteroatoms. The molecule has 16 heavy (non-hydrogen) atoms. The number of hydrogen-bond donors (Lipinski definition) is 1. The summed E-state index contributed by atoms with van der Waals surface area (Å²) in [6.45, 7) is 4.66. The minimum Gasteiger partial charge on any atom is -0.325 e. The van der Waals surface area contributed by atoms with E-state index in [0.29, 0.717) is 6.54 Å². The van der Waals surface area contributed by atoms with E-state index in [1.165, 1.54) is 11.1 Å². The summed E-state index contributed by atoms with van der Waals surface area (Å²) in [5, 5.41) is 0. The Kier molecular flexibility index (Phi) is 3.12. The number of nitrogens with zero attached hydrogens (tertiary/aromatic N) is 2. The van der Waals surface area contributed by atoms with Gasteiger partial charge in [-0.2, -0.15) is 0 Å². The average Bonchev–Trinajstić information content (AvgIpc) is 2.73. The summed E-state index contributed by atoms with van der Waals surface area (Å²) in [5.41, 5.74) is 10.2. The van der Waals surface area contributed by atoms with Crippen molar-refractivity contribution in [3.05, 3.63) is 46.0 Å². The maximum absolute atomic E-state index is 5.67. The van der Waals surface area contributed by atoms with Crippen molar-refractivity contribution in [2.24, 2.45) is 5.73 Å². The van der Waals surface area contributed by atoms with Crippen LogP contribution in [0.25, 0.3) is 5.69 Å². The topological polar surface area (TPSA) is 43.8 Å². The first-order valence-corrected chi connectivity index (χ1v) is 5.91. The third-order valence-corrected chi connectivity index (χ3v) is 3.87. The Hall–Kier alpha value is -1.13. The number of halogens is 1. The molecule has 0 aliphatic carbocycles. The van der Waals surface area contributed by atoms with E-state index in [-0.39, 0.29) is 0 Å². The molecule has 2 N–H and O–H groups in total. The van der Waals surface area contributed by atoms with E-state index in [1.807, 2.05) is 4.57 Å². The Morgan fingerprint density at radius 3 is 2.50 bits per heavy atom. The second kappa shape index (κ2) is 4.39. The number of imidazole rings is 1. The predicted octanol–water partition coefficient (Wildman–Crippen LogP) is 2.71. The van der Waals surface area contributed by atoms with Gasteiger partial charge in [-0.05, 0) is 37.1 Å². The highest BCUT2D eigenvalue weighted by molar-refractivity contribution is 9.10. The van der Waals surface area contributed by atoms with E-state index in [4.69, 9.17) is 5.73 Å². The second-order valence-corrected chi connectivity index (χ2v) is 4.65. The molecule has 0 bridgehead atoms. The van der Waals surface area contributed by atoms with Gasteiger partial charge in [0.25, 0.3) is 0 Å². The summed E-state index contributed by atoms with van der Waals surface area (Å²) in [4.78, 5) is 4.12. The zero-order valence-electron chi connectivity index (χ0n) is 9.37. The molecule has 0 spiro atoms. The largest absolute Gasteiger partial charge is 0.325 e. The zero-order valence-corrected chi connectivity index (χ0v) is 11.0. The first-order valence-electron chi connectivity index (χ1n) is 5.12. The molecule has 2 aromatic rings. The maximum Gasteiger partial charge on any atom is 0.0994 e. The molecule has 1 aromatic heterocycles. The van der Waals surface area contributed by atoms with Crippen molar-refractivity contribution >= 4 is 15.9 Å². The molecule has 3 nitrogen and oxygen atoms in total. The van der Waals surface area contributed by atoms with Crippen LogP contribution < -0.4 is 5.73 Å². The van der Waals surface area contributed by atoms with Gasteiger partial charge < -0.3 is 10.3 Å². The highest BCUT2D eigenvalue weighted by atomic mass is 79.9. The Morgan fingerprint density at radius 1 is 1.31 bits per heavy atom. The van der Waals surface area contributed by atoms with Gasteiger partial charge >= 0.3 is 0 Å². The van der Waals surface area contributed by atoms with Crippen LogP contribution in [0, 0.1) is 13.8 Å². The van der Waals surface area contributed by atoms with E-state index < -0.39 is 0 Å². The third-order valence-electron chi connectivity index (χ3n) is 2.62. The smallest absolute Gasteiger partial charge is 0.0994 e. The van der Waals surface area contributed by atoms with E-state index in [9.17, 15) is 0 Å². The molecular formula is C12H14BrN3.